The van der Waals surface area contributed by atoms with Gasteiger partial charge in [-0.2, -0.15) is 0 Å². The van der Waals surface area contributed by atoms with Gasteiger partial charge in [0.2, 0.25) is 0 Å². The van der Waals surface area contributed by atoms with Crippen molar-refractivity contribution >= 4 is 11.8 Å². The summed E-state index contributed by atoms with van der Waals surface area (Å²) in [7, 11) is 4.08. The lowest BCUT2D eigenvalue weighted by atomic mass is 10.1. The maximum absolute atomic E-state index is 11.2. The maximum Gasteiger partial charge on any atom is 0.411 e. The summed E-state index contributed by atoms with van der Waals surface area (Å²) in [4.78, 5) is 13.4. The summed E-state index contributed by atoms with van der Waals surface area (Å²) in [6.07, 6.45) is 0.558. The first-order chi connectivity index (χ1) is 8.11. The van der Waals surface area contributed by atoms with E-state index in [0.717, 1.165) is 18.7 Å². The van der Waals surface area contributed by atoms with Crippen molar-refractivity contribution in [2.45, 2.75) is 13.3 Å². The van der Waals surface area contributed by atoms with Gasteiger partial charge < -0.3 is 9.64 Å². The Morgan fingerprint density at radius 3 is 2.82 bits per heavy atom. The standard InChI is InChI=1S/C13H20N2O2/c1-4-17-13(16)14-12-7-5-6-11(10-12)8-9-15(2)3/h5-7,10H,4,8-9H2,1-3H3,(H,14,16). The van der Waals surface area contributed by atoms with Crippen molar-refractivity contribution in [1.29, 1.82) is 0 Å². The number of anilines is 1. The van der Waals surface area contributed by atoms with Crippen LogP contribution in [0.4, 0.5) is 10.5 Å². The van der Waals surface area contributed by atoms with E-state index >= 15 is 0 Å². The van der Waals surface area contributed by atoms with Crippen molar-refractivity contribution in [3.05, 3.63) is 29.8 Å². The van der Waals surface area contributed by atoms with Crippen LogP contribution in [-0.4, -0.2) is 38.2 Å². The highest BCUT2D eigenvalue weighted by atomic mass is 16.5. The molecule has 0 saturated heterocycles. The zero-order valence-corrected chi connectivity index (χ0v) is 10.7. The summed E-state index contributed by atoms with van der Waals surface area (Å²) < 4.78 is 4.83. The summed E-state index contributed by atoms with van der Waals surface area (Å²) in [5.41, 5.74) is 1.98. The molecule has 0 aliphatic heterocycles. The van der Waals surface area contributed by atoms with Crippen LogP contribution in [0.2, 0.25) is 0 Å². The summed E-state index contributed by atoms with van der Waals surface area (Å²) in [5.74, 6) is 0. The number of likely N-dealkylation sites (N-methyl/N-ethyl adjacent to an activating group) is 1. The molecule has 1 rings (SSSR count). The third kappa shape index (κ3) is 5.36. The molecule has 1 aromatic rings. The van der Waals surface area contributed by atoms with E-state index in [0.29, 0.717) is 6.61 Å². The first kappa shape index (κ1) is 13.5. The third-order valence-corrected chi connectivity index (χ3v) is 2.30. The second-order valence-corrected chi connectivity index (χ2v) is 4.10. The van der Waals surface area contributed by atoms with Crippen LogP contribution in [-0.2, 0) is 11.2 Å². The van der Waals surface area contributed by atoms with Gasteiger partial charge in [0.1, 0.15) is 0 Å². The van der Waals surface area contributed by atoms with E-state index in [4.69, 9.17) is 4.74 Å². The van der Waals surface area contributed by atoms with E-state index < -0.39 is 6.09 Å². The molecule has 0 atom stereocenters. The molecule has 0 bridgehead atoms. The average Bonchev–Trinajstić information content (AvgIpc) is 2.27. The molecular formula is C13H20N2O2. The van der Waals surface area contributed by atoms with E-state index in [1.165, 1.54) is 5.56 Å². The van der Waals surface area contributed by atoms with Gasteiger partial charge in [0.15, 0.2) is 0 Å². The number of nitrogens with one attached hydrogen (secondary N) is 1. The molecule has 0 spiro atoms. The number of nitrogens with zero attached hydrogens (tertiary/aromatic N) is 1. The van der Waals surface area contributed by atoms with Crippen molar-refractivity contribution in [3.8, 4) is 0 Å². The predicted octanol–water partition coefficient (Wildman–Crippen LogP) is 2.36. The zero-order chi connectivity index (χ0) is 12.7. The molecule has 94 valence electrons. The minimum Gasteiger partial charge on any atom is -0.450 e. The average molecular weight is 236 g/mol. The van der Waals surface area contributed by atoms with Gasteiger partial charge in [-0.15, -0.1) is 0 Å². The molecule has 0 saturated carbocycles. The van der Waals surface area contributed by atoms with Crippen molar-refractivity contribution in [2.75, 3.05) is 32.6 Å². The Morgan fingerprint density at radius 1 is 1.41 bits per heavy atom. The number of hydrogen-bond acceptors (Lipinski definition) is 3. The number of carbonyl (C=O) groups excluding carboxylic acids is 1. The van der Waals surface area contributed by atoms with Crippen LogP contribution < -0.4 is 5.32 Å². The molecule has 1 amide bonds. The van der Waals surface area contributed by atoms with Crippen molar-refractivity contribution in [1.82, 2.24) is 4.90 Å². The lowest BCUT2D eigenvalue weighted by Crippen LogP contribution is -2.16. The number of benzene rings is 1. The van der Waals surface area contributed by atoms with Gasteiger partial charge >= 0.3 is 6.09 Å². The molecule has 1 N–H and O–H groups in total. The molecule has 0 aliphatic carbocycles. The second kappa shape index (κ2) is 6.91. The second-order valence-electron chi connectivity index (χ2n) is 4.10. The molecule has 0 fully saturated rings. The van der Waals surface area contributed by atoms with Crippen LogP contribution in [0.25, 0.3) is 0 Å². The molecule has 4 heteroatoms. The molecule has 0 aromatic heterocycles. The van der Waals surface area contributed by atoms with Crippen LogP contribution >= 0.6 is 0 Å². The van der Waals surface area contributed by atoms with Crippen molar-refractivity contribution < 1.29 is 9.53 Å². The Bertz CT molecular complexity index is 364. The first-order valence-corrected chi connectivity index (χ1v) is 5.79. The minimum atomic E-state index is -0.405. The summed E-state index contributed by atoms with van der Waals surface area (Å²) in [6, 6.07) is 7.82. The van der Waals surface area contributed by atoms with Crippen LogP contribution in [0.1, 0.15) is 12.5 Å². The molecule has 1 aromatic carbocycles. The molecule has 17 heavy (non-hydrogen) atoms. The van der Waals surface area contributed by atoms with E-state index in [2.05, 4.69) is 16.3 Å². The van der Waals surface area contributed by atoms with Gasteiger partial charge in [0.25, 0.3) is 0 Å². The Kier molecular flexibility index (Phi) is 5.49. The molecule has 0 heterocycles. The molecule has 0 radical (unpaired) electrons. The monoisotopic (exact) mass is 236 g/mol. The lowest BCUT2D eigenvalue weighted by molar-refractivity contribution is 0.168. The SMILES string of the molecule is CCOC(=O)Nc1cccc(CCN(C)C)c1. The third-order valence-electron chi connectivity index (χ3n) is 2.30. The van der Waals surface area contributed by atoms with E-state index in [-0.39, 0.29) is 0 Å². The lowest BCUT2D eigenvalue weighted by Gasteiger charge is -2.10. The molecular weight excluding hydrogens is 216 g/mol. The fraction of sp³-hybridized carbons (Fsp3) is 0.462. The topological polar surface area (TPSA) is 41.6 Å². The molecule has 4 nitrogen and oxygen atoms in total. The van der Waals surface area contributed by atoms with Crippen molar-refractivity contribution in [3.63, 3.8) is 0 Å². The number of carbonyl (C=O) groups is 1. The van der Waals surface area contributed by atoms with E-state index in [9.17, 15) is 4.79 Å². The number of rotatable bonds is 5. The fourth-order valence-corrected chi connectivity index (χ4v) is 1.44. The molecule has 0 aliphatic rings. The summed E-state index contributed by atoms with van der Waals surface area (Å²) in [6.45, 7) is 3.15. The van der Waals surface area contributed by atoms with Crippen LogP contribution in [0.3, 0.4) is 0 Å². The first-order valence-electron chi connectivity index (χ1n) is 5.79. The zero-order valence-electron chi connectivity index (χ0n) is 10.7. The maximum atomic E-state index is 11.2. The predicted molar refractivity (Wildman–Crippen MR) is 69.3 cm³/mol. The van der Waals surface area contributed by atoms with Gasteiger partial charge in [-0.05, 0) is 45.1 Å². The molecule has 0 unspecified atom stereocenters. The van der Waals surface area contributed by atoms with E-state index in [1.807, 2.05) is 32.3 Å². The van der Waals surface area contributed by atoms with Gasteiger partial charge in [-0.25, -0.2) is 4.79 Å². The fourth-order valence-electron chi connectivity index (χ4n) is 1.44. The minimum absolute atomic E-state index is 0.381. The van der Waals surface area contributed by atoms with Crippen LogP contribution in [0, 0.1) is 0 Å². The van der Waals surface area contributed by atoms with Gasteiger partial charge in [0, 0.05) is 12.2 Å². The van der Waals surface area contributed by atoms with Gasteiger partial charge in [-0.1, -0.05) is 12.1 Å². The van der Waals surface area contributed by atoms with Crippen molar-refractivity contribution in [2.24, 2.45) is 0 Å². The van der Waals surface area contributed by atoms with Crippen LogP contribution in [0.5, 0.6) is 0 Å². The van der Waals surface area contributed by atoms with Gasteiger partial charge in [0.05, 0.1) is 6.61 Å². The highest BCUT2D eigenvalue weighted by Gasteiger charge is 2.02. The normalized spacial score (nSPS) is 10.4. The summed E-state index contributed by atoms with van der Waals surface area (Å²) >= 11 is 0. The number of ether oxygens (including phenoxy) is 1. The quantitative estimate of drug-likeness (QED) is 0.853. The van der Waals surface area contributed by atoms with Crippen LogP contribution in [0.15, 0.2) is 24.3 Å². The van der Waals surface area contributed by atoms with E-state index in [1.54, 1.807) is 6.92 Å². The Balaban J connectivity index is 2.56. The highest BCUT2D eigenvalue weighted by Crippen LogP contribution is 2.11. The Hall–Kier alpha value is -1.55. The Morgan fingerprint density at radius 2 is 2.18 bits per heavy atom. The smallest absolute Gasteiger partial charge is 0.411 e. The number of hydrogen-bond donors (Lipinski definition) is 1. The largest absolute Gasteiger partial charge is 0.450 e. The van der Waals surface area contributed by atoms with Gasteiger partial charge in [-0.3, -0.25) is 5.32 Å². The Labute approximate surface area is 103 Å². The summed E-state index contributed by atoms with van der Waals surface area (Å²) in [5, 5.41) is 2.70. The highest BCUT2D eigenvalue weighted by molar-refractivity contribution is 5.84. The number of amides is 1.